The van der Waals surface area contributed by atoms with E-state index in [4.69, 9.17) is 5.11 Å². The number of aliphatic hydroxyl groups is 1. The van der Waals surface area contributed by atoms with Crippen molar-refractivity contribution < 1.29 is 9.50 Å². The minimum atomic E-state index is -0.549. The summed E-state index contributed by atoms with van der Waals surface area (Å²) in [5, 5.41) is 10.6. The zero-order valence-corrected chi connectivity index (χ0v) is 9.38. The van der Waals surface area contributed by atoms with Crippen LogP contribution in [0.25, 0.3) is 16.5 Å². The van der Waals surface area contributed by atoms with Crippen molar-refractivity contribution in [3.8, 4) is 10.4 Å². The van der Waals surface area contributed by atoms with Gasteiger partial charge < -0.3 is 5.11 Å². The third-order valence-corrected chi connectivity index (χ3v) is 3.11. The van der Waals surface area contributed by atoms with Crippen molar-refractivity contribution in [3.05, 3.63) is 53.2 Å². The molecule has 2 aromatic rings. The molecule has 1 N–H and O–H groups in total. The summed E-state index contributed by atoms with van der Waals surface area (Å²) in [6.45, 7) is -0.549. The molecule has 0 bridgehead atoms. The van der Waals surface area contributed by atoms with Crippen molar-refractivity contribution in [2.45, 2.75) is 0 Å². The van der Waals surface area contributed by atoms with E-state index < -0.39 is 12.4 Å². The minimum absolute atomic E-state index is 0.524. The molecule has 2 rings (SSSR count). The first-order chi connectivity index (χ1) is 7.79. The molecule has 16 heavy (non-hydrogen) atoms. The Balaban J connectivity index is 2.23. The van der Waals surface area contributed by atoms with Gasteiger partial charge in [0, 0.05) is 4.88 Å². The van der Waals surface area contributed by atoms with E-state index in [0.29, 0.717) is 0 Å². The maximum atomic E-state index is 12.8. The number of hydrogen-bond donors (Lipinski definition) is 1. The number of rotatable bonds is 3. The van der Waals surface area contributed by atoms with Gasteiger partial charge in [0.2, 0.25) is 0 Å². The monoisotopic (exact) mass is 234 g/mol. The molecule has 3 heteroatoms. The van der Waals surface area contributed by atoms with Crippen LogP contribution in [0.3, 0.4) is 0 Å². The molecule has 1 aromatic carbocycles. The average molecular weight is 234 g/mol. The number of halogens is 1. The minimum Gasteiger partial charge on any atom is -0.389 e. The Morgan fingerprint density at radius 1 is 1.25 bits per heavy atom. The van der Waals surface area contributed by atoms with Crippen LogP contribution in [0.15, 0.2) is 47.6 Å². The Labute approximate surface area is 97.5 Å². The fraction of sp³-hybridized carbons (Fsp3) is 0.0769. The molecule has 0 atom stereocenters. The molecule has 0 aliphatic heterocycles. The van der Waals surface area contributed by atoms with Crippen molar-refractivity contribution in [1.29, 1.82) is 0 Å². The van der Waals surface area contributed by atoms with E-state index in [0.717, 1.165) is 11.1 Å². The highest BCUT2D eigenvalue weighted by molar-refractivity contribution is 7.13. The third-order valence-electron chi connectivity index (χ3n) is 2.19. The molecule has 1 heterocycles. The lowest BCUT2D eigenvalue weighted by atomic mass is 10.1. The smallest absolute Gasteiger partial charge is 0.126 e. The van der Waals surface area contributed by atoms with E-state index in [1.165, 1.54) is 11.0 Å². The molecule has 0 saturated heterocycles. The van der Waals surface area contributed by atoms with Crippen LogP contribution in [0, 0.1) is 0 Å². The van der Waals surface area contributed by atoms with Gasteiger partial charge in [-0.25, -0.2) is 4.39 Å². The molecule has 0 spiro atoms. The fourth-order valence-electron chi connectivity index (χ4n) is 1.41. The second-order valence-electron chi connectivity index (χ2n) is 3.35. The van der Waals surface area contributed by atoms with Crippen LogP contribution in [0.5, 0.6) is 0 Å². The summed E-state index contributed by atoms with van der Waals surface area (Å²) >= 11 is 1.67. The van der Waals surface area contributed by atoms with Gasteiger partial charge in [-0.3, -0.25) is 0 Å². The first kappa shape index (κ1) is 11.0. The SMILES string of the molecule is OC/C(F)=C/c1ccc(-c2cccs2)cc1. The van der Waals surface area contributed by atoms with Gasteiger partial charge in [0.05, 0.1) is 6.61 Å². The average Bonchev–Trinajstić information content (AvgIpc) is 2.83. The predicted octanol–water partition coefficient (Wildman–Crippen LogP) is 3.72. The van der Waals surface area contributed by atoms with Crippen LogP contribution < -0.4 is 0 Å². The normalized spacial score (nSPS) is 11.8. The maximum Gasteiger partial charge on any atom is 0.126 e. The number of thiophene rings is 1. The number of aliphatic hydroxyl groups excluding tert-OH is 1. The largest absolute Gasteiger partial charge is 0.389 e. The molecule has 0 saturated carbocycles. The Hall–Kier alpha value is -1.45. The Morgan fingerprint density at radius 3 is 2.56 bits per heavy atom. The first-order valence-electron chi connectivity index (χ1n) is 4.90. The highest BCUT2D eigenvalue weighted by atomic mass is 32.1. The highest BCUT2D eigenvalue weighted by Crippen LogP contribution is 2.25. The molecule has 0 amide bonds. The van der Waals surface area contributed by atoms with E-state index >= 15 is 0 Å². The van der Waals surface area contributed by atoms with E-state index in [1.807, 2.05) is 41.8 Å². The van der Waals surface area contributed by atoms with Crippen LogP contribution in [-0.4, -0.2) is 11.7 Å². The van der Waals surface area contributed by atoms with E-state index in [2.05, 4.69) is 0 Å². The van der Waals surface area contributed by atoms with Gasteiger partial charge in [-0.15, -0.1) is 11.3 Å². The van der Waals surface area contributed by atoms with E-state index in [9.17, 15) is 4.39 Å². The zero-order chi connectivity index (χ0) is 11.4. The highest BCUT2D eigenvalue weighted by Gasteiger charge is 1.98. The molecule has 82 valence electrons. The first-order valence-corrected chi connectivity index (χ1v) is 5.78. The molecule has 0 unspecified atom stereocenters. The Bertz CT molecular complexity index is 471. The van der Waals surface area contributed by atoms with E-state index in [-0.39, 0.29) is 0 Å². The predicted molar refractivity (Wildman–Crippen MR) is 65.9 cm³/mol. The molecule has 0 aliphatic rings. The lowest BCUT2D eigenvalue weighted by molar-refractivity contribution is 0.300. The maximum absolute atomic E-state index is 12.8. The molecule has 0 fully saturated rings. The molecule has 0 radical (unpaired) electrons. The van der Waals surface area contributed by atoms with Crippen LogP contribution in [0.4, 0.5) is 4.39 Å². The van der Waals surface area contributed by atoms with Crippen molar-refractivity contribution in [3.63, 3.8) is 0 Å². The standard InChI is InChI=1S/C13H11FOS/c14-12(9-15)8-10-3-5-11(6-4-10)13-2-1-7-16-13/h1-8,15H,9H2/b12-8-. The second kappa shape index (κ2) is 5.05. The summed E-state index contributed by atoms with van der Waals surface area (Å²) in [5.41, 5.74) is 1.88. The van der Waals surface area contributed by atoms with Crippen LogP contribution in [-0.2, 0) is 0 Å². The quantitative estimate of drug-likeness (QED) is 0.858. The van der Waals surface area contributed by atoms with Gasteiger partial charge in [-0.05, 0) is 28.6 Å². The van der Waals surface area contributed by atoms with Gasteiger partial charge >= 0.3 is 0 Å². The molecule has 1 nitrogen and oxygen atoms in total. The number of benzene rings is 1. The van der Waals surface area contributed by atoms with Gasteiger partial charge in [0.15, 0.2) is 0 Å². The van der Waals surface area contributed by atoms with Crippen molar-refractivity contribution >= 4 is 17.4 Å². The lowest BCUT2D eigenvalue weighted by Gasteiger charge is -1.98. The zero-order valence-electron chi connectivity index (χ0n) is 8.56. The summed E-state index contributed by atoms with van der Waals surface area (Å²) in [6, 6.07) is 11.6. The Kier molecular flexibility index (Phi) is 3.49. The second-order valence-corrected chi connectivity index (χ2v) is 4.30. The summed E-state index contributed by atoms with van der Waals surface area (Å²) < 4.78 is 12.8. The molecular weight excluding hydrogens is 223 g/mol. The molecule has 0 aliphatic carbocycles. The van der Waals surface area contributed by atoms with Crippen LogP contribution >= 0.6 is 11.3 Å². The van der Waals surface area contributed by atoms with Gasteiger partial charge in [0.1, 0.15) is 5.83 Å². The molecular formula is C13H11FOS. The Morgan fingerprint density at radius 2 is 2.00 bits per heavy atom. The van der Waals surface area contributed by atoms with Gasteiger partial charge in [-0.1, -0.05) is 30.3 Å². The fourth-order valence-corrected chi connectivity index (χ4v) is 2.15. The summed E-state index contributed by atoms with van der Waals surface area (Å²) in [7, 11) is 0. The van der Waals surface area contributed by atoms with Crippen LogP contribution in [0.2, 0.25) is 0 Å². The van der Waals surface area contributed by atoms with Crippen LogP contribution in [0.1, 0.15) is 5.56 Å². The van der Waals surface area contributed by atoms with Crippen molar-refractivity contribution in [2.75, 3.05) is 6.61 Å². The van der Waals surface area contributed by atoms with E-state index in [1.54, 1.807) is 11.3 Å². The lowest BCUT2D eigenvalue weighted by Crippen LogP contribution is -1.82. The topological polar surface area (TPSA) is 20.2 Å². The number of hydrogen-bond acceptors (Lipinski definition) is 2. The summed E-state index contributed by atoms with van der Waals surface area (Å²) in [6.07, 6.45) is 1.33. The van der Waals surface area contributed by atoms with Gasteiger partial charge in [-0.2, -0.15) is 0 Å². The van der Waals surface area contributed by atoms with Crippen molar-refractivity contribution in [2.24, 2.45) is 0 Å². The summed E-state index contributed by atoms with van der Waals surface area (Å²) in [4.78, 5) is 1.19. The third kappa shape index (κ3) is 2.56. The van der Waals surface area contributed by atoms with Crippen molar-refractivity contribution in [1.82, 2.24) is 0 Å². The molecule has 1 aromatic heterocycles. The summed E-state index contributed by atoms with van der Waals surface area (Å²) in [5.74, 6) is -0.524. The van der Waals surface area contributed by atoms with Gasteiger partial charge in [0.25, 0.3) is 0 Å².